The van der Waals surface area contributed by atoms with Gasteiger partial charge in [0.05, 0.1) is 0 Å². The number of rotatable bonds is 5. The summed E-state index contributed by atoms with van der Waals surface area (Å²) in [6, 6.07) is 13.0. The molecule has 178 valence electrons. The second-order valence-corrected chi connectivity index (χ2v) is 10.6. The molecule has 35 heavy (non-hydrogen) atoms. The van der Waals surface area contributed by atoms with Crippen LogP contribution in [-0.2, 0) is 9.59 Å². The largest absolute Gasteiger partial charge is 0.361 e. The zero-order chi connectivity index (χ0) is 23.7. The van der Waals surface area contributed by atoms with Gasteiger partial charge in [0.1, 0.15) is 17.2 Å². The number of fused-ring (bicyclic) bond motifs is 1. The third-order valence-corrected chi connectivity index (χ3v) is 8.00. The minimum atomic E-state index is -0.647. The van der Waals surface area contributed by atoms with Gasteiger partial charge in [0.25, 0.3) is 5.91 Å². The molecule has 7 heteroatoms. The first-order chi connectivity index (χ1) is 17.0. The number of carbonyl (C=O) groups is 2. The number of hydrogen-bond donors (Lipinski definition) is 1. The molecule has 2 saturated carbocycles. The van der Waals surface area contributed by atoms with Crippen LogP contribution in [-0.4, -0.2) is 57.6 Å². The number of amides is 2. The van der Waals surface area contributed by atoms with Crippen molar-refractivity contribution in [2.45, 2.75) is 37.6 Å². The number of carbonyl (C=O) groups excluding carboxylic acids is 2. The highest BCUT2D eigenvalue weighted by molar-refractivity contribution is 6.16. The topological polar surface area (TPSA) is 68.8 Å². The number of H-pyrrole nitrogens is 1. The number of halogens is 1. The summed E-state index contributed by atoms with van der Waals surface area (Å²) in [5.74, 6) is 0.980. The van der Waals surface area contributed by atoms with Crippen LogP contribution in [0.5, 0.6) is 0 Å². The highest BCUT2D eigenvalue weighted by atomic mass is 19.1. The zero-order valence-electron chi connectivity index (χ0n) is 19.5. The van der Waals surface area contributed by atoms with Gasteiger partial charge in [-0.3, -0.25) is 19.5 Å². The van der Waals surface area contributed by atoms with E-state index in [1.807, 2.05) is 41.4 Å². The molecule has 1 spiro atoms. The van der Waals surface area contributed by atoms with E-state index in [1.54, 1.807) is 11.0 Å². The van der Waals surface area contributed by atoms with E-state index in [-0.39, 0.29) is 29.5 Å². The average Bonchev–Trinajstić information content (AvgIpc) is 3.74. The predicted molar refractivity (Wildman–Crippen MR) is 131 cm³/mol. The van der Waals surface area contributed by atoms with E-state index in [4.69, 9.17) is 4.99 Å². The van der Waals surface area contributed by atoms with Crippen LogP contribution in [0.3, 0.4) is 0 Å². The summed E-state index contributed by atoms with van der Waals surface area (Å²) in [7, 11) is 0. The monoisotopic (exact) mass is 470 g/mol. The lowest BCUT2D eigenvalue weighted by Crippen LogP contribution is -2.41. The number of aliphatic imine (C=N–C) groups is 1. The van der Waals surface area contributed by atoms with Crippen molar-refractivity contribution in [2.24, 2.45) is 16.8 Å². The molecule has 1 aromatic heterocycles. The van der Waals surface area contributed by atoms with Crippen molar-refractivity contribution >= 4 is 28.6 Å². The molecule has 4 aliphatic rings. The molecule has 3 heterocycles. The Morgan fingerprint density at radius 3 is 2.69 bits per heavy atom. The van der Waals surface area contributed by atoms with Crippen LogP contribution in [0.15, 0.2) is 53.7 Å². The van der Waals surface area contributed by atoms with Crippen molar-refractivity contribution < 1.29 is 14.0 Å². The Labute approximate surface area is 202 Å². The Bertz CT molecular complexity index is 1400. The van der Waals surface area contributed by atoms with Crippen LogP contribution in [0.4, 0.5) is 4.39 Å². The van der Waals surface area contributed by atoms with Crippen molar-refractivity contribution in [3.63, 3.8) is 0 Å². The minimum Gasteiger partial charge on any atom is -0.361 e. The Kier molecular flexibility index (Phi) is 4.47. The van der Waals surface area contributed by atoms with Gasteiger partial charge in [0.15, 0.2) is 0 Å². The number of nitrogens with zero attached hydrogens (tertiary/aromatic N) is 3. The highest BCUT2D eigenvalue weighted by Gasteiger charge is 2.57. The maximum Gasteiger partial charge on any atom is 0.256 e. The van der Waals surface area contributed by atoms with E-state index in [2.05, 4.69) is 4.98 Å². The van der Waals surface area contributed by atoms with E-state index in [0.717, 1.165) is 55.1 Å². The van der Waals surface area contributed by atoms with Crippen molar-refractivity contribution in [1.82, 2.24) is 14.8 Å². The molecule has 0 radical (unpaired) electrons. The van der Waals surface area contributed by atoms with Gasteiger partial charge in [-0.2, -0.15) is 0 Å². The van der Waals surface area contributed by atoms with Gasteiger partial charge in [-0.05, 0) is 73.2 Å². The molecule has 2 aliphatic carbocycles. The van der Waals surface area contributed by atoms with E-state index < -0.39 is 5.54 Å². The Morgan fingerprint density at radius 1 is 1.09 bits per heavy atom. The number of aromatic nitrogens is 1. The Morgan fingerprint density at radius 2 is 1.91 bits per heavy atom. The fourth-order valence-electron chi connectivity index (χ4n) is 5.63. The van der Waals surface area contributed by atoms with Crippen molar-refractivity contribution in [3.8, 4) is 11.1 Å². The predicted octanol–water partition coefficient (Wildman–Crippen LogP) is 4.35. The van der Waals surface area contributed by atoms with Gasteiger partial charge >= 0.3 is 0 Å². The maximum atomic E-state index is 15.4. The first-order valence-electron chi connectivity index (χ1n) is 12.6. The normalized spacial score (nSPS) is 22.9. The standard InChI is InChI=1S/C28H27FN4O2/c29-23-14-21(3-5-22(23)19-4-6-24-20(13-19)7-11-30-24)25-31-28(9-10-28)27(35)33(25)16-17-8-12-32(15-17)26(34)18-1-2-18/h3-7,11,13-14,17-18,30H,1-2,8-10,12,15-16H2. The molecule has 1 atom stereocenters. The summed E-state index contributed by atoms with van der Waals surface area (Å²) >= 11 is 0. The van der Waals surface area contributed by atoms with Gasteiger partial charge in [-0.15, -0.1) is 0 Å². The molecule has 0 bridgehead atoms. The fourth-order valence-corrected chi connectivity index (χ4v) is 5.63. The summed E-state index contributed by atoms with van der Waals surface area (Å²) in [6.07, 6.45) is 6.27. The number of amidine groups is 1. The number of hydrogen-bond acceptors (Lipinski definition) is 3. The van der Waals surface area contributed by atoms with Gasteiger partial charge in [-0.25, -0.2) is 4.39 Å². The number of nitrogens with one attached hydrogen (secondary N) is 1. The molecule has 6 nitrogen and oxygen atoms in total. The van der Waals surface area contributed by atoms with Gasteiger partial charge < -0.3 is 9.88 Å². The third kappa shape index (κ3) is 3.48. The van der Waals surface area contributed by atoms with E-state index >= 15 is 4.39 Å². The second-order valence-electron chi connectivity index (χ2n) is 10.6. The maximum absolute atomic E-state index is 15.4. The number of aromatic amines is 1. The summed E-state index contributed by atoms with van der Waals surface area (Å²) in [5, 5.41) is 1.03. The molecule has 7 rings (SSSR count). The second kappa shape index (κ2) is 7.51. The van der Waals surface area contributed by atoms with Crippen LogP contribution in [0.2, 0.25) is 0 Å². The molecule has 3 fully saturated rings. The van der Waals surface area contributed by atoms with Gasteiger partial charge in [-0.1, -0.05) is 18.2 Å². The Balaban J connectivity index is 1.15. The average molecular weight is 471 g/mol. The highest BCUT2D eigenvalue weighted by Crippen LogP contribution is 2.46. The first-order valence-corrected chi connectivity index (χ1v) is 12.6. The lowest BCUT2D eigenvalue weighted by atomic mass is 10.0. The fraction of sp³-hybridized carbons (Fsp3) is 0.393. The molecule has 3 aromatic rings. The summed E-state index contributed by atoms with van der Waals surface area (Å²) in [4.78, 5) is 37.5. The number of benzene rings is 2. The van der Waals surface area contributed by atoms with E-state index in [1.165, 1.54) is 6.07 Å². The molecule has 1 saturated heterocycles. The molecule has 2 aromatic carbocycles. The van der Waals surface area contributed by atoms with Crippen LogP contribution in [0.1, 0.15) is 37.7 Å². The van der Waals surface area contributed by atoms with Crippen LogP contribution >= 0.6 is 0 Å². The minimum absolute atomic E-state index is 0.0295. The SMILES string of the molecule is O=C(C1CC1)N1CCC(CN2C(=O)C3(CC3)N=C2c2ccc(-c3ccc4[nH]ccc4c3)c(F)c2)C1. The third-order valence-electron chi connectivity index (χ3n) is 8.00. The van der Waals surface area contributed by atoms with Crippen molar-refractivity contribution in [3.05, 3.63) is 60.0 Å². The van der Waals surface area contributed by atoms with Gasteiger partial charge in [0, 0.05) is 48.4 Å². The molecule has 1 unspecified atom stereocenters. The van der Waals surface area contributed by atoms with E-state index in [0.29, 0.717) is 30.1 Å². The molecule has 2 aliphatic heterocycles. The molecule has 1 N–H and O–H groups in total. The zero-order valence-corrected chi connectivity index (χ0v) is 19.5. The van der Waals surface area contributed by atoms with Gasteiger partial charge in [0.2, 0.25) is 5.91 Å². The molecular formula is C28H27FN4O2. The number of likely N-dealkylation sites (tertiary alicyclic amines) is 1. The molecular weight excluding hydrogens is 443 g/mol. The summed E-state index contributed by atoms with van der Waals surface area (Å²) in [5.41, 5.74) is 2.34. The van der Waals surface area contributed by atoms with Crippen molar-refractivity contribution in [1.29, 1.82) is 0 Å². The Hall–Kier alpha value is -3.48. The van der Waals surface area contributed by atoms with Crippen LogP contribution < -0.4 is 0 Å². The lowest BCUT2D eigenvalue weighted by Gasteiger charge is -2.24. The summed E-state index contributed by atoms with van der Waals surface area (Å²) < 4.78 is 15.4. The van der Waals surface area contributed by atoms with Crippen LogP contribution in [0.25, 0.3) is 22.0 Å². The van der Waals surface area contributed by atoms with Crippen LogP contribution in [0, 0.1) is 17.7 Å². The van der Waals surface area contributed by atoms with E-state index in [9.17, 15) is 9.59 Å². The summed E-state index contributed by atoms with van der Waals surface area (Å²) in [6.45, 7) is 1.98. The quantitative estimate of drug-likeness (QED) is 0.602. The smallest absolute Gasteiger partial charge is 0.256 e. The molecule has 2 amide bonds. The van der Waals surface area contributed by atoms with Crippen molar-refractivity contribution in [2.75, 3.05) is 19.6 Å². The lowest BCUT2D eigenvalue weighted by molar-refractivity contribution is -0.131. The first kappa shape index (κ1) is 20.9.